The summed E-state index contributed by atoms with van der Waals surface area (Å²) in [5.74, 6) is 0. The molecule has 0 aliphatic carbocycles. The lowest BCUT2D eigenvalue weighted by Gasteiger charge is -2.42. The van der Waals surface area contributed by atoms with Crippen LogP contribution in [0.1, 0.15) is 0 Å². The Balaban J connectivity index is 0.00000112. The summed E-state index contributed by atoms with van der Waals surface area (Å²) in [4.78, 5) is 0. The van der Waals surface area contributed by atoms with Crippen molar-refractivity contribution in [2.24, 2.45) is 0 Å². The van der Waals surface area contributed by atoms with Gasteiger partial charge in [0.1, 0.15) is 0 Å². The predicted octanol–water partition coefficient (Wildman–Crippen LogP) is -3.82. The van der Waals surface area contributed by atoms with Crippen molar-refractivity contribution in [1.82, 2.24) is 0 Å². The first kappa shape index (κ1) is 12.7. The molecule has 4 unspecified atom stereocenters. The van der Waals surface area contributed by atoms with Gasteiger partial charge in [0, 0.05) is 0 Å². The normalized spacial score (nSPS) is 50.4. The molecule has 0 bridgehead atoms. The van der Waals surface area contributed by atoms with Crippen LogP contribution in [0.25, 0.3) is 0 Å². The fourth-order valence-corrected chi connectivity index (χ4v) is 1.14. The molecule has 2 saturated heterocycles. The standard InChI is InChI=1S/C6H10O8.H2O/c7-1-2(8)12-6-5(11-1)13-3(9)4(10)14-6;/h1-10H;1H2. The molecule has 6 N–H and O–H groups in total. The summed E-state index contributed by atoms with van der Waals surface area (Å²) >= 11 is 0. The van der Waals surface area contributed by atoms with Crippen molar-refractivity contribution in [3.63, 3.8) is 0 Å². The lowest BCUT2D eigenvalue weighted by atomic mass is 10.4. The molecule has 9 heteroatoms. The number of aliphatic hydroxyl groups excluding tert-OH is 4. The molecule has 0 saturated carbocycles. The summed E-state index contributed by atoms with van der Waals surface area (Å²) in [7, 11) is 0. The Morgan fingerprint density at radius 3 is 0.933 bits per heavy atom. The number of hydrogen-bond donors (Lipinski definition) is 4. The van der Waals surface area contributed by atoms with Gasteiger partial charge < -0.3 is 44.8 Å². The summed E-state index contributed by atoms with van der Waals surface area (Å²) in [6, 6.07) is 0. The fraction of sp³-hybridized carbons (Fsp3) is 1.00. The van der Waals surface area contributed by atoms with Gasteiger partial charge in [-0.1, -0.05) is 0 Å². The van der Waals surface area contributed by atoms with Crippen LogP contribution < -0.4 is 0 Å². The average molecular weight is 228 g/mol. The molecule has 2 fully saturated rings. The molecule has 0 aromatic rings. The van der Waals surface area contributed by atoms with Crippen LogP contribution in [-0.4, -0.2) is 63.6 Å². The Bertz CT molecular complexity index is 169. The van der Waals surface area contributed by atoms with Gasteiger partial charge in [0.2, 0.25) is 37.7 Å². The molecule has 0 amide bonds. The maximum atomic E-state index is 8.99. The minimum absolute atomic E-state index is 0. The van der Waals surface area contributed by atoms with Crippen LogP contribution in [0.15, 0.2) is 0 Å². The van der Waals surface area contributed by atoms with E-state index in [2.05, 4.69) is 18.9 Å². The van der Waals surface area contributed by atoms with Gasteiger partial charge in [-0.3, -0.25) is 0 Å². The van der Waals surface area contributed by atoms with E-state index < -0.39 is 37.7 Å². The van der Waals surface area contributed by atoms with Crippen molar-refractivity contribution >= 4 is 0 Å². The zero-order valence-corrected chi connectivity index (χ0v) is 7.39. The van der Waals surface area contributed by atoms with Crippen molar-refractivity contribution in [1.29, 1.82) is 0 Å². The molecule has 4 atom stereocenters. The van der Waals surface area contributed by atoms with E-state index in [4.69, 9.17) is 20.4 Å². The Kier molecular flexibility index (Phi) is 3.94. The summed E-state index contributed by atoms with van der Waals surface area (Å²) < 4.78 is 18.7. The van der Waals surface area contributed by atoms with Crippen LogP contribution in [-0.2, 0) is 18.9 Å². The van der Waals surface area contributed by atoms with E-state index in [0.717, 1.165) is 0 Å². The second kappa shape index (κ2) is 4.65. The van der Waals surface area contributed by atoms with E-state index >= 15 is 0 Å². The van der Waals surface area contributed by atoms with Crippen molar-refractivity contribution in [3.05, 3.63) is 0 Å². The zero-order chi connectivity index (χ0) is 10.3. The van der Waals surface area contributed by atoms with E-state index in [1.54, 1.807) is 0 Å². The first-order valence-corrected chi connectivity index (χ1v) is 3.92. The van der Waals surface area contributed by atoms with E-state index in [0.29, 0.717) is 0 Å². The number of hydrogen-bond acceptors (Lipinski definition) is 8. The largest absolute Gasteiger partial charge is 0.412 e. The molecule has 9 nitrogen and oxygen atoms in total. The van der Waals surface area contributed by atoms with Gasteiger partial charge in [-0.05, 0) is 0 Å². The molecule has 0 aromatic carbocycles. The molecule has 2 aliphatic heterocycles. The summed E-state index contributed by atoms with van der Waals surface area (Å²) in [5.41, 5.74) is 0. The lowest BCUT2D eigenvalue weighted by Crippen LogP contribution is -2.58. The number of aliphatic hydroxyl groups is 4. The highest BCUT2D eigenvalue weighted by atomic mass is 16.9. The Morgan fingerprint density at radius 2 is 0.733 bits per heavy atom. The predicted molar refractivity (Wildman–Crippen MR) is 39.6 cm³/mol. The van der Waals surface area contributed by atoms with Crippen LogP contribution in [0.3, 0.4) is 0 Å². The smallest absolute Gasteiger partial charge is 0.215 e. The molecule has 0 radical (unpaired) electrons. The second-order valence-corrected chi connectivity index (χ2v) is 2.84. The zero-order valence-electron chi connectivity index (χ0n) is 7.39. The fourth-order valence-electron chi connectivity index (χ4n) is 1.14. The van der Waals surface area contributed by atoms with Gasteiger partial charge in [-0.25, -0.2) is 0 Å². The second-order valence-electron chi connectivity index (χ2n) is 2.84. The minimum atomic E-state index is -1.58. The molecule has 15 heavy (non-hydrogen) atoms. The molecule has 0 spiro atoms. The summed E-state index contributed by atoms with van der Waals surface area (Å²) in [6.45, 7) is 0. The van der Waals surface area contributed by atoms with Crippen molar-refractivity contribution in [3.8, 4) is 0 Å². The van der Waals surface area contributed by atoms with Gasteiger partial charge in [0.05, 0.1) is 0 Å². The molecular weight excluding hydrogens is 216 g/mol. The van der Waals surface area contributed by atoms with Gasteiger partial charge in [-0.2, -0.15) is 0 Å². The van der Waals surface area contributed by atoms with Gasteiger partial charge in [0.15, 0.2) is 0 Å². The maximum absolute atomic E-state index is 8.99. The average Bonchev–Trinajstić information content (AvgIpc) is 2.11. The first-order valence-electron chi connectivity index (χ1n) is 3.92. The third kappa shape index (κ3) is 2.42. The van der Waals surface area contributed by atoms with Crippen LogP contribution in [0, 0.1) is 0 Å². The highest BCUT2D eigenvalue weighted by molar-refractivity contribution is 4.68. The first-order chi connectivity index (χ1) is 6.58. The van der Waals surface area contributed by atoms with Crippen molar-refractivity contribution in [2.75, 3.05) is 0 Å². The van der Waals surface area contributed by atoms with Gasteiger partial charge in [0.25, 0.3) is 0 Å². The minimum Gasteiger partial charge on any atom is -0.412 e. The van der Waals surface area contributed by atoms with E-state index in [1.165, 1.54) is 0 Å². The summed E-state index contributed by atoms with van der Waals surface area (Å²) in [5, 5.41) is 36.0. The number of fused-ring (bicyclic) bond motifs is 1. The molecule has 90 valence electrons. The third-order valence-corrected chi connectivity index (χ3v) is 1.80. The molecule has 2 heterocycles. The van der Waals surface area contributed by atoms with E-state index in [1.807, 2.05) is 0 Å². The monoisotopic (exact) mass is 228 g/mol. The SMILES string of the molecule is O.OC1OC2OC(O)C(O)OC2OC1O. The highest BCUT2D eigenvalue weighted by Gasteiger charge is 2.45. The van der Waals surface area contributed by atoms with Crippen molar-refractivity contribution < 1.29 is 44.8 Å². The topological polar surface area (TPSA) is 149 Å². The van der Waals surface area contributed by atoms with Crippen molar-refractivity contribution in [2.45, 2.75) is 37.7 Å². The summed E-state index contributed by atoms with van der Waals surface area (Å²) in [6.07, 6.45) is -8.70. The molecule has 2 aliphatic rings. The van der Waals surface area contributed by atoms with Crippen LogP contribution in [0.2, 0.25) is 0 Å². The number of rotatable bonds is 0. The molecular formula is C6H12O9. The highest BCUT2D eigenvalue weighted by Crippen LogP contribution is 2.26. The van der Waals surface area contributed by atoms with E-state index in [-0.39, 0.29) is 5.48 Å². The quantitative estimate of drug-likeness (QED) is 0.329. The maximum Gasteiger partial charge on any atom is 0.215 e. The Hall–Kier alpha value is -0.360. The molecule has 2 rings (SSSR count). The van der Waals surface area contributed by atoms with Crippen LogP contribution in [0.4, 0.5) is 0 Å². The van der Waals surface area contributed by atoms with E-state index in [9.17, 15) is 0 Å². The van der Waals surface area contributed by atoms with Gasteiger partial charge in [-0.15, -0.1) is 0 Å². The number of ether oxygens (including phenoxy) is 4. The van der Waals surface area contributed by atoms with Crippen LogP contribution >= 0.6 is 0 Å². The Labute approximate surface area is 83.7 Å². The molecule has 0 aromatic heterocycles. The lowest BCUT2D eigenvalue weighted by molar-refractivity contribution is -0.494. The third-order valence-electron chi connectivity index (χ3n) is 1.80. The van der Waals surface area contributed by atoms with Gasteiger partial charge >= 0.3 is 0 Å². The Morgan fingerprint density at radius 1 is 0.533 bits per heavy atom. The van der Waals surface area contributed by atoms with Crippen LogP contribution in [0.5, 0.6) is 0 Å².